The number of rotatable bonds is 4. The molecular weight excluding hydrogens is 282 g/mol. The van der Waals surface area contributed by atoms with Crippen LogP contribution in [0.25, 0.3) is 0 Å². The molecule has 1 aromatic rings. The summed E-state index contributed by atoms with van der Waals surface area (Å²) < 4.78 is 6.68. The highest BCUT2D eigenvalue weighted by Gasteiger charge is 2.39. The van der Waals surface area contributed by atoms with Crippen LogP contribution in [-0.4, -0.2) is 39.7 Å². The quantitative estimate of drug-likeness (QED) is 0.880. The van der Waals surface area contributed by atoms with Crippen molar-refractivity contribution in [3.63, 3.8) is 0 Å². The van der Waals surface area contributed by atoms with Gasteiger partial charge in [-0.25, -0.2) is 4.68 Å². The maximum absolute atomic E-state index is 12.0. The number of nitrogens with one attached hydrogen (secondary N) is 1. The summed E-state index contributed by atoms with van der Waals surface area (Å²) in [5, 5.41) is 17.5. The molecule has 0 amide bonds. The minimum Gasteiger partial charge on any atom is -0.385 e. The number of hydrogen-bond donors (Lipinski definition) is 2. The first kappa shape index (κ1) is 15.3. The Morgan fingerprint density at radius 3 is 2.95 bits per heavy atom. The Kier molecular flexibility index (Phi) is 4.36. The van der Waals surface area contributed by atoms with Crippen molar-refractivity contribution in [1.29, 1.82) is 0 Å². The van der Waals surface area contributed by atoms with E-state index in [-0.39, 0.29) is 29.3 Å². The molecule has 6 nitrogen and oxygen atoms in total. The maximum Gasteiger partial charge on any atom is 0.287 e. The number of anilines is 1. The molecule has 2 atom stereocenters. The summed E-state index contributed by atoms with van der Waals surface area (Å²) in [4.78, 5) is 12.0. The normalized spacial score (nSPS) is 26.2. The highest BCUT2D eigenvalue weighted by atomic mass is 35.5. The minimum absolute atomic E-state index is 0.0542. The average molecular weight is 302 g/mol. The highest BCUT2D eigenvalue weighted by molar-refractivity contribution is 6.32. The van der Waals surface area contributed by atoms with Crippen LogP contribution in [0.3, 0.4) is 0 Å². The molecule has 0 bridgehead atoms. The Morgan fingerprint density at radius 2 is 2.40 bits per heavy atom. The summed E-state index contributed by atoms with van der Waals surface area (Å²) in [7, 11) is 0. The van der Waals surface area contributed by atoms with Gasteiger partial charge in [0.15, 0.2) is 0 Å². The van der Waals surface area contributed by atoms with E-state index in [4.69, 9.17) is 16.3 Å². The topological polar surface area (TPSA) is 76.4 Å². The van der Waals surface area contributed by atoms with Gasteiger partial charge in [0.2, 0.25) is 0 Å². The van der Waals surface area contributed by atoms with Gasteiger partial charge in [-0.1, -0.05) is 11.6 Å². The van der Waals surface area contributed by atoms with Gasteiger partial charge >= 0.3 is 0 Å². The molecule has 20 heavy (non-hydrogen) atoms. The van der Waals surface area contributed by atoms with Crippen LogP contribution in [0, 0.1) is 0 Å². The number of halogens is 1. The van der Waals surface area contributed by atoms with Gasteiger partial charge in [0, 0.05) is 19.6 Å². The Balaban J connectivity index is 2.15. The molecule has 1 aromatic heterocycles. The highest BCUT2D eigenvalue weighted by Crippen LogP contribution is 2.27. The molecular formula is C13H20ClN3O3. The molecule has 2 heterocycles. The van der Waals surface area contributed by atoms with Gasteiger partial charge in [-0.2, -0.15) is 5.10 Å². The molecule has 2 unspecified atom stereocenters. The van der Waals surface area contributed by atoms with E-state index in [2.05, 4.69) is 10.4 Å². The summed E-state index contributed by atoms with van der Waals surface area (Å²) in [5.74, 6) is 0. The smallest absolute Gasteiger partial charge is 0.287 e. The summed E-state index contributed by atoms with van der Waals surface area (Å²) in [5.41, 5.74) is -0.855. The van der Waals surface area contributed by atoms with Gasteiger partial charge in [-0.3, -0.25) is 4.79 Å². The van der Waals surface area contributed by atoms with Crippen LogP contribution in [0.4, 0.5) is 5.69 Å². The number of aromatic nitrogens is 2. The predicted octanol–water partition coefficient (Wildman–Crippen LogP) is 1.43. The Labute approximate surface area is 122 Å². The molecule has 1 saturated heterocycles. The van der Waals surface area contributed by atoms with Crippen molar-refractivity contribution in [2.45, 2.75) is 44.9 Å². The minimum atomic E-state index is -0.948. The van der Waals surface area contributed by atoms with Gasteiger partial charge in [-0.15, -0.1) is 0 Å². The summed E-state index contributed by atoms with van der Waals surface area (Å²) in [6, 6.07) is -0.0542. The van der Waals surface area contributed by atoms with Crippen LogP contribution >= 0.6 is 11.6 Å². The van der Waals surface area contributed by atoms with Crippen molar-refractivity contribution in [1.82, 2.24) is 9.78 Å². The lowest BCUT2D eigenvalue weighted by Crippen LogP contribution is -2.43. The van der Waals surface area contributed by atoms with Gasteiger partial charge in [0.25, 0.3) is 5.56 Å². The molecule has 0 radical (unpaired) electrons. The van der Waals surface area contributed by atoms with Gasteiger partial charge in [-0.05, 0) is 20.8 Å². The number of nitrogens with zero attached hydrogens (tertiary/aromatic N) is 2. The largest absolute Gasteiger partial charge is 0.385 e. The second kappa shape index (κ2) is 5.71. The van der Waals surface area contributed by atoms with Crippen LogP contribution in [0.2, 0.25) is 5.02 Å². The summed E-state index contributed by atoms with van der Waals surface area (Å²) in [6.45, 7) is 6.34. The lowest BCUT2D eigenvalue weighted by Gasteiger charge is -2.26. The lowest BCUT2D eigenvalue weighted by molar-refractivity contribution is -0.0176. The summed E-state index contributed by atoms with van der Waals surface area (Å²) >= 11 is 6.06. The molecule has 1 aliphatic heterocycles. The van der Waals surface area contributed by atoms with Gasteiger partial charge < -0.3 is 15.2 Å². The standard InChI is InChI=1S/C13H20ClN3O3/c1-8(2)17-12(18)11(14)10(6-16-17)15-7-13(19)4-5-20-9(13)3/h6,8-9,15,19H,4-5,7H2,1-3H3. The van der Waals surface area contributed by atoms with Gasteiger partial charge in [0.1, 0.15) is 10.6 Å². The first-order valence-corrected chi connectivity index (χ1v) is 7.08. The molecule has 0 aromatic carbocycles. The van der Waals surface area contributed by atoms with E-state index in [1.165, 1.54) is 10.9 Å². The van der Waals surface area contributed by atoms with Crippen molar-refractivity contribution in [3.05, 3.63) is 21.6 Å². The zero-order valence-corrected chi connectivity index (χ0v) is 12.6. The maximum atomic E-state index is 12.0. The average Bonchev–Trinajstić information content (AvgIpc) is 2.71. The Bertz CT molecular complexity index is 546. The second-order valence-electron chi connectivity index (χ2n) is 5.44. The van der Waals surface area contributed by atoms with Crippen LogP contribution in [0.5, 0.6) is 0 Å². The number of ether oxygens (including phenoxy) is 1. The third-order valence-corrected chi connectivity index (χ3v) is 4.04. The van der Waals surface area contributed by atoms with Crippen LogP contribution < -0.4 is 10.9 Å². The van der Waals surface area contributed by atoms with Crippen molar-refractivity contribution in [2.75, 3.05) is 18.5 Å². The van der Waals surface area contributed by atoms with E-state index in [1.807, 2.05) is 20.8 Å². The third kappa shape index (κ3) is 2.82. The molecule has 0 spiro atoms. The van der Waals surface area contributed by atoms with E-state index in [1.54, 1.807) is 0 Å². The molecule has 1 aliphatic rings. The second-order valence-corrected chi connectivity index (χ2v) is 5.81. The van der Waals surface area contributed by atoms with Crippen LogP contribution in [-0.2, 0) is 4.74 Å². The van der Waals surface area contributed by atoms with Crippen molar-refractivity contribution in [3.8, 4) is 0 Å². The van der Waals surface area contributed by atoms with E-state index in [9.17, 15) is 9.90 Å². The predicted molar refractivity (Wildman–Crippen MR) is 77.4 cm³/mol. The van der Waals surface area contributed by atoms with Crippen molar-refractivity contribution < 1.29 is 9.84 Å². The molecule has 7 heteroatoms. The van der Waals surface area contributed by atoms with Crippen LogP contribution in [0.15, 0.2) is 11.0 Å². The van der Waals surface area contributed by atoms with Gasteiger partial charge in [0.05, 0.1) is 24.0 Å². The first-order valence-electron chi connectivity index (χ1n) is 6.70. The molecule has 2 rings (SSSR count). The van der Waals surface area contributed by atoms with E-state index < -0.39 is 5.60 Å². The molecule has 112 valence electrons. The van der Waals surface area contributed by atoms with E-state index in [0.29, 0.717) is 18.7 Å². The first-order chi connectivity index (χ1) is 9.35. The lowest BCUT2D eigenvalue weighted by atomic mass is 9.97. The Morgan fingerprint density at radius 1 is 1.70 bits per heavy atom. The number of hydrogen-bond acceptors (Lipinski definition) is 5. The Hall–Kier alpha value is -1.11. The zero-order valence-electron chi connectivity index (χ0n) is 11.9. The SMILES string of the molecule is CC(C)n1ncc(NCC2(O)CCOC2C)c(Cl)c1=O. The fourth-order valence-electron chi connectivity index (χ4n) is 2.19. The zero-order chi connectivity index (χ0) is 14.9. The summed E-state index contributed by atoms with van der Waals surface area (Å²) in [6.07, 6.45) is 1.81. The van der Waals surface area contributed by atoms with E-state index >= 15 is 0 Å². The number of aliphatic hydroxyl groups is 1. The molecule has 2 N–H and O–H groups in total. The van der Waals surface area contributed by atoms with Crippen molar-refractivity contribution >= 4 is 17.3 Å². The van der Waals surface area contributed by atoms with Crippen molar-refractivity contribution in [2.24, 2.45) is 0 Å². The van der Waals surface area contributed by atoms with E-state index in [0.717, 1.165) is 0 Å². The third-order valence-electron chi connectivity index (χ3n) is 3.68. The monoisotopic (exact) mass is 301 g/mol. The molecule has 0 aliphatic carbocycles. The fourth-order valence-corrected chi connectivity index (χ4v) is 2.39. The fraction of sp³-hybridized carbons (Fsp3) is 0.692. The molecule has 1 fully saturated rings. The molecule has 0 saturated carbocycles. The van der Waals surface area contributed by atoms with Crippen LogP contribution in [0.1, 0.15) is 33.2 Å².